The van der Waals surface area contributed by atoms with E-state index in [0.29, 0.717) is 6.54 Å². The lowest BCUT2D eigenvalue weighted by atomic mass is 10.1. The van der Waals surface area contributed by atoms with E-state index in [9.17, 15) is 0 Å². The number of nitrogens with zero attached hydrogens (tertiary/aromatic N) is 3. The highest BCUT2D eigenvalue weighted by atomic mass is 32.1. The maximum atomic E-state index is 5.53. The fourth-order valence-electron chi connectivity index (χ4n) is 1.94. The van der Waals surface area contributed by atoms with Crippen LogP contribution < -0.4 is 5.73 Å². The number of imidazole rings is 1. The van der Waals surface area contributed by atoms with Gasteiger partial charge < -0.3 is 5.73 Å². The van der Waals surface area contributed by atoms with Crippen LogP contribution in [0.1, 0.15) is 11.3 Å². The molecule has 2 N–H and O–H groups in total. The Morgan fingerprint density at radius 2 is 2.17 bits per heavy atom. The Hall–Kier alpha value is -1.72. The van der Waals surface area contributed by atoms with Gasteiger partial charge in [-0.25, -0.2) is 9.50 Å². The summed E-state index contributed by atoms with van der Waals surface area (Å²) in [6, 6.07) is 8.26. The molecule has 0 aliphatic carbocycles. The van der Waals surface area contributed by atoms with Gasteiger partial charge in [0, 0.05) is 12.0 Å². The van der Waals surface area contributed by atoms with Crippen molar-refractivity contribution in [2.75, 3.05) is 6.54 Å². The predicted octanol–water partition coefficient (Wildman–Crippen LogP) is 2.27. The molecule has 0 bridgehead atoms. The lowest BCUT2D eigenvalue weighted by molar-refractivity contribution is 0.924. The summed E-state index contributed by atoms with van der Waals surface area (Å²) < 4.78 is 1.84. The average Bonchev–Trinajstić information content (AvgIpc) is 2.88. The Balaban J connectivity index is 2.04. The quantitative estimate of drug-likeness (QED) is 0.784. The predicted molar refractivity (Wildman–Crippen MR) is 73.8 cm³/mol. The van der Waals surface area contributed by atoms with Gasteiger partial charge in [-0.05, 0) is 19.0 Å². The van der Waals surface area contributed by atoms with E-state index < -0.39 is 0 Å². The molecule has 1 aromatic carbocycles. The van der Waals surface area contributed by atoms with Crippen molar-refractivity contribution in [3.63, 3.8) is 0 Å². The number of benzene rings is 1. The van der Waals surface area contributed by atoms with Crippen molar-refractivity contribution in [2.24, 2.45) is 5.73 Å². The van der Waals surface area contributed by atoms with Crippen LogP contribution in [0.15, 0.2) is 30.5 Å². The van der Waals surface area contributed by atoms with Crippen LogP contribution in [-0.4, -0.2) is 21.1 Å². The number of nitrogens with two attached hydrogens (primary N) is 1. The van der Waals surface area contributed by atoms with E-state index in [4.69, 9.17) is 5.73 Å². The zero-order chi connectivity index (χ0) is 12.5. The molecule has 0 fully saturated rings. The van der Waals surface area contributed by atoms with E-state index >= 15 is 0 Å². The Labute approximate surface area is 109 Å². The highest BCUT2D eigenvalue weighted by Crippen LogP contribution is 2.27. The van der Waals surface area contributed by atoms with Crippen molar-refractivity contribution < 1.29 is 0 Å². The number of hydrogen-bond acceptors (Lipinski definition) is 4. The van der Waals surface area contributed by atoms with Gasteiger partial charge >= 0.3 is 0 Å². The summed E-state index contributed by atoms with van der Waals surface area (Å²) in [5, 5.41) is 5.59. The van der Waals surface area contributed by atoms with Crippen molar-refractivity contribution in [3.8, 4) is 10.6 Å². The Kier molecular flexibility index (Phi) is 2.85. The fourth-order valence-corrected chi connectivity index (χ4v) is 2.93. The number of hydrogen-bond donors (Lipinski definition) is 1. The molecule has 2 heterocycles. The average molecular weight is 258 g/mol. The number of aryl methyl sites for hydroxylation is 1. The summed E-state index contributed by atoms with van der Waals surface area (Å²) in [7, 11) is 0. The van der Waals surface area contributed by atoms with Gasteiger partial charge in [0.15, 0.2) is 0 Å². The molecule has 0 spiro atoms. The van der Waals surface area contributed by atoms with Crippen LogP contribution in [0.25, 0.3) is 15.5 Å². The highest BCUT2D eigenvalue weighted by Gasteiger charge is 2.10. The van der Waals surface area contributed by atoms with Gasteiger partial charge in [-0.1, -0.05) is 35.6 Å². The zero-order valence-corrected chi connectivity index (χ0v) is 10.9. The SMILES string of the molecule is Cc1ccccc1-c1nn2cc(CCN)nc2s1. The summed E-state index contributed by atoms with van der Waals surface area (Å²) in [5.74, 6) is 0. The first kappa shape index (κ1) is 11.4. The molecular weight excluding hydrogens is 244 g/mol. The molecule has 0 saturated carbocycles. The van der Waals surface area contributed by atoms with Gasteiger partial charge in [-0.3, -0.25) is 0 Å². The van der Waals surface area contributed by atoms with Gasteiger partial charge in [0.2, 0.25) is 4.96 Å². The van der Waals surface area contributed by atoms with Gasteiger partial charge in [0.1, 0.15) is 5.01 Å². The van der Waals surface area contributed by atoms with Crippen LogP contribution in [0.2, 0.25) is 0 Å². The van der Waals surface area contributed by atoms with E-state index in [0.717, 1.165) is 22.1 Å². The molecule has 0 radical (unpaired) electrons. The lowest BCUT2D eigenvalue weighted by Crippen LogP contribution is -2.02. The summed E-state index contributed by atoms with van der Waals surface area (Å²) in [4.78, 5) is 5.44. The van der Waals surface area contributed by atoms with Crippen molar-refractivity contribution in [3.05, 3.63) is 41.7 Å². The molecule has 18 heavy (non-hydrogen) atoms. The fraction of sp³-hybridized carbons (Fsp3) is 0.231. The molecule has 2 aromatic heterocycles. The van der Waals surface area contributed by atoms with E-state index in [2.05, 4.69) is 29.1 Å². The largest absolute Gasteiger partial charge is 0.330 e. The second kappa shape index (κ2) is 4.51. The normalized spacial score (nSPS) is 11.2. The van der Waals surface area contributed by atoms with Crippen LogP contribution in [0.3, 0.4) is 0 Å². The highest BCUT2D eigenvalue weighted by molar-refractivity contribution is 7.19. The van der Waals surface area contributed by atoms with Crippen molar-refractivity contribution in [1.29, 1.82) is 0 Å². The van der Waals surface area contributed by atoms with Crippen LogP contribution in [0.4, 0.5) is 0 Å². The van der Waals surface area contributed by atoms with E-state index in [-0.39, 0.29) is 0 Å². The van der Waals surface area contributed by atoms with Crippen molar-refractivity contribution in [1.82, 2.24) is 14.6 Å². The molecule has 92 valence electrons. The Morgan fingerprint density at radius 1 is 1.33 bits per heavy atom. The monoisotopic (exact) mass is 258 g/mol. The van der Waals surface area contributed by atoms with E-state index in [1.165, 1.54) is 11.1 Å². The second-order valence-electron chi connectivity index (χ2n) is 4.22. The van der Waals surface area contributed by atoms with Gasteiger partial charge in [0.25, 0.3) is 0 Å². The van der Waals surface area contributed by atoms with E-state index in [1.54, 1.807) is 11.3 Å². The molecule has 0 aliphatic rings. The molecule has 0 atom stereocenters. The van der Waals surface area contributed by atoms with E-state index in [1.807, 2.05) is 22.8 Å². The second-order valence-corrected chi connectivity index (χ2v) is 5.18. The number of aromatic nitrogens is 3. The molecule has 0 unspecified atom stereocenters. The van der Waals surface area contributed by atoms with Crippen molar-refractivity contribution >= 4 is 16.3 Å². The van der Waals surface area contributed by atoms with Crippen molar-refractivity contribution in [2.45, 2.75) is 13.3 Å². The number of rotatable bonds is 3. The smallest absolute Gasteiger partial charge is 0.212 e. The zero-order valence-electron chi connectivity index (χ0n) is 10.1. The topological polar surface area (TPSA) is 56.2 Å². The first-order chi connectivity index (χ1) is 8.78. The van der Waals surface area contributed by atoms with Gasteiger partial charge in [0.05, 0.1) is 11.9 Å². The van der Waals surface area contributed by atoms with Crippen LogP contribution >= 0.6 is 11.3 Å². The molecule has 4 nitrogen and oxygen atoms in total. The minimum Gasteiger partial charge on any atom is -0.330 e. The third kappa shape index (κ3) is 1.91. The van der Waals surface area contributed by atoms with Crippen LogP contribution in [0.5, 0.6) is 0 Å². The lowest BCUT2D eigenvalue weighted by Gasteiger charge is -1.99. The summed E-state index contributed by atoms with van der Waals surface area (Å²) in [6.45, 7) is 2.72. The minimum absolute atomic E-state index is 0.621. The molecule has 0 amide bonds. The van der Waals surface area contributed by atoms with Gasteiger partial charge in [-0.15, -0.1) is 0 Å². The maximum Gasteiger partial charge on any atom is 0.212 e. The van der Waals surface area contributed by atoms with Crippen LogP contribution in [0, 0.1) is 6.92 Å². The first-order valence-electron chi connectivity index (χ1n) is 5.89. The van der Waals surface area contributed by atoms with Gasteiger partial charge in [-0.2, -0.15) is 5.10 Å². The third-order valence-corrected chi connectivity index (χ3v) is 3.82. The molecular formula is C13H14N4S. The molecule has 0 saturated heterocycles. The molecule has 3 aromatic rings. The summed E-state index contributed by atoms with van der Waals surface area (Å²) in [5.41, 5.74) is 8.94. The summed E-state index contributed by atoms with van der Waals surface area (Å²) >= 11 is 1.61. The third-order valence-electron chi connectivity index (χ3n) is 2.87. The minimum atomic E-state index is 0.621. The number of fused-ring (bicyclic) bond motifs is 1. The standard InChI is InChI=1S/C13H14N4S/c1-9-4-2-3-5-11(9)12-16-17-8-10(6-7-14)15-13(17)18-12/h2-5,8H,6-7,14H2,1H3. The Bertz CT molecular complexity index is 652. The first-order valence-corrected chi connectivity index (χ1v) is 6.71. The molecule has 0 aliphatic heterocycles. The maximum absolute atomic E-state index is 5.53. The Morgan fingerprint density at radius 3 is 2.89 bits per heavy atom. The van der Waals surface area contributed by atoms with Crippen LogP contribution in [-0.2, 0) is 6.42 Å². The summed E-state index contributed by atoms with van der Waals surface area (Å²) in [6.07, 6.45) is 2.76. The molecule has 3 rings (SSSR count). The molecule has 5 heteroatoms.